The Balaban J connectivity index is 2.74. The van der Waals surface area contributed by atoms with Crippen LogP contribution in [-0.2, 0) is 5.54 Å². The highest BCUT2D eigenvalue weighted by Crippen LogP contribution is 2.34. The third-order valence-corrected chi connectivity index (χ3v) is 3.36. The normalized spacial score (nSPS) is 14.9. The van der Waals surface area contributed by atoms with E-state index in [1.54, 1.807) is 12.4 Å². The molecular weight excluding hydrogens is 236 g/mol. The first-order chi connectivity index (χ1) is 8.62. The van der Waals surface area contributed by atoms with Crippen molar-refractivity contribution in [1.82, 2.24) is 14.5 Å². The largest absolute Gasteiger partial charge is 0.321 e. The number of aromatic nitrogens is 3. The van der Waals surface area contributed by atoms with Gasteiger partial charge in [0.2, 0.25) is 0 Å². The molecule has 0 aliphatic heterocycles. The molecule has 2 heterocycles. The third-order valence-electron chi connectivity index (χ3n) is 3.36. The first-order valence-electron chi connectivity index (χ1n) is 6.71. The highest BCUT2D eigenvalue weighted by atomic mass is 15.2. The van der Waals surface area contributed by atoms with E-state index < -0.39 is 0 Å². The van der Waals surface area contributed by atoms with Crippen molar-refractivity contribution in [2.24, 2.45) is 11.1 Å². The molecule has 0 aliphatic rings. The number of fused-ring (bicyclic) bond motifs is 1. The van der Waals surface area contributed by atoms with Crippen LogP contribution in [0.3, 0.4) is 0 Å². The molecule has 0 saturated heterocycles. The molecule has 1 unspecified atom stereocenters. The number of rotatable bonds is 1. The predicted octanol–water partition coefficient (Wildman–Crippen LogP) is 3.23. The SMILES string of the molecule is CC(C)(C)C(N)c1nc2cnccc2n1C(C)(C)C. The van der Waals surface area contributed by atoms with Gasteiger partial charge in [-0.25, -0.2) is 4.98 Å². The smallest absolute Gasteiger partial charge is 0.127 e. The lowest BCUT2D eigenvalue weighted by Gasteiger charge is -2.31. The summed E-state index contributed by atoms with van der Waals surface area (Å²) in [6, 6.07) is 1.89. The fraction of sp³-hybridized carbons (Fsp3) is 0.600. The van der Waals surface area contributed by atoms with Gasteiger partial charge in [-0.15, -0.1) is 0 Å². The van der Waals surface area contributed by atoms with Crippen LogP contribution < -0.4 is 5.73 Å². The Hall–Kier alpha value is -1.42. The van der Waals surface area contributed by atoms with E-state index in [0.29, 0.717) is 0 Å². The van der Waals surface area contributed by atoms with Gasteiger partial charge >= 0.3 is 0 Å². The summed E-state index contributed by atoms with van der Waals surface area (Å²) in [5, 5.41) is 0. The van der Waals surface area contributed by atoms with Gasteiger partial charge in [0, 0.05) is 11.7 Å². The predicted molar refractivity (Wildman–Crippen MR) is 78.9 cm³/mol. The summed E-state index contributed by atoms with van der Waals surface area (Å²) < 4.78 is 2.24. The maximum absolute atomic E-state index is 6.43. The van der Waals surface area contributed by atoms with Gasteiger partial charge in [0.05, 0.1) is 17.8 Å². The second-order valence-corrected chi connectivity index (χ2v) is 7.18. The van der Waals surface area contributed by atoms with E-state index in [4.69, 9.17) is 10.7 Å². The van der Waals surface area contributed by atoms with E-state index in [-0.39, 0.29) is 17.0 Å². The minimum Gasteiger partial charge on any atom is -0.321 e. The Morgan fingerprint density at radius 1 is 1.16 bits per heavy atom. The van der Waals surface area contributed by atoms with Crippen molar-refractivity contribution in [3.05, 3.63) is 24.3 Å². The molecule has 2 rings (SSSR count). The quantitative estimate of drug-likeness (QED) is 0.856. The fourth-order valence-electron chi connectivity index (χ4n) is 2.25. The molecule has 0 aromatic carbocycles. The number of imidazole rings is 1. The topological polar surface area (TPSA) is 56.7 Å². The van der Waals surface area contributed by atoms with Crippen LogP contribution in [0.25, 0.3) is 11.0 Å². The van der Waals surface area contributed by atoms with E-state index in [0.717, 1.165) is 16.9 Å². The van der Waals surface area contributed by atoms with Crippen LogP contribution in [0, 0.1) is 5.41 Å². The average molecular weight is 260 g/mol. The van der Waals surface area contributed by atoms with Crippen LogP contribution in [0.2, 0.25) is 0 Å². The lowest BCUT2D eigenvalue weighted by molar-refractivity contribution is 0.287. The molecule has 2 N–H and O–H groups in total. The molecule has 0 fully saturated rings. The Labute approximate surface area is 115 Å². The fourth-order valence-corrected chi connectivity index (χ4v) is 2.25. The van der Waals surface area contributed by atoms with Gasteiger partial charge in [-0.2, -0.15) is 0 Å². The Bertz CT molecular complexity index is 584. The summed E-state index contributed by atoms with van der Waals surface area (Å²) in [6.45, 7) is 12.9. The van der Waals surface area contributed by atoms with Crippen LogP contribution in [0.1, 0.15) is 53.4 Å². The number of nitrogens with two attached hydrogens (primary N) is 1. The third kappa shape index (κ3) is 2.50. The minimum atomic E-state index is -0.112. The van der Waals surface area contributed by atoms with Gasteiger partial charge in [-0.3, -0.25) is 4.98 Å². The van der Waals surface area contributed by atoms with Crippen molar-refractivity contribution in [2.75, 3.05) is 0 Å². The molecule has 2 aromatic heterocycles. The van der Waals surface area contributed by atoms with Crippen LogP contribution in [-0.4, -0.2) is 14.5 Å². The first-order valence-corrected chi connectivity index (χ1v) is 6.71. The van der Waals surface area contributed by atoms with Crippen molar-refractivity contribution < 1.29 is 0 Å². The van der Waals surface area contributed by atoms with Crippen molar-refractivity contribution in [2.45, 2.75) is 53.1 Å². The number of hydrogen-bond donors (Lipinski definition) is 1. The van der Waals surface area contributed by atoms with Crippen LogP contribution >= 0.6 is 0 Å². The molecule has 4 heteroatoms. The Kier molecular flexibility index (Phi) is 3.17. The van der Waals surface area contributed by atoms with E-state index in [1.807, 2.05) is 6.07 Å². The van der Waals surface area contributed by atoms with E-state index in [9.17, 15) is 0 Å². The van der Waals surface area contributed by atoms with Gasteiger partial charge in [0.15, 0.2) is 0 Å². The molecule has 0 amide bonds. The standard InChI is InChI=1S/C15H24N4/c1-14(2,3)12(16)13-18-10-9-17-8-7-11(10)19(13)15(4,5)6/h7-9,12H,16H2,1-6H3. The molecule has 1 atom stereocenters. The van der Waals surface area contributed by atoms with E-state index in [1.165, 1.54) is 0 Å². The van der Waals surface area contributed by atoms with Gasteiger partial charge in [0.1, 0.15) is 11.3 Å². The van der Waals surface area contributed by atoms with Gasteiger partial charge < -0.3 is 10.3 Å². The second-order valence-electron chi connectivity index (χ2n) is 7.18. The van der Waals surface area contributed by atoms with Crippen molar-refractivity contribution in [3.63, 3.8) is 0 Å². The summed E-state index contributed by atoms with van der Waals surface area (Å²) in [5.74, 6) is 0.933. The van der Waals surface area contributed by atoms with E-state index >= 15 is 0 Å². The molecular formula is C15H24N4. The summed E-state index contributed by atoms with van der Waals surface area (Å²) in [7, 11) is 0. The Morgan fingerprint density at radius 3 is 2.32 bits per heavy atom. The highest BCUT2D eigenvalue weighted by molar-refractivity contribution is 5.75. The first kappa shape index (κ1) is 14.0. The average Bonchev–Trinajstić information content (AvgIpc) is 2.64. The summed E-state index contributed by atoms with van der Waals surface area (Å²) >= 11 is 0. The molecule has 19 heavy (non-hydrogen) atoms. The summed E-state index contributed by atoms with van der Waals surface area (Å²) in [6.07, 6.45) is 3.61. The zero-order valence-electron chi connectivity index (χ0n) is 12.7. The molecule has 0 spiro atoms. The molecule has 0 aliphatic carbocycles. The highest BCUT2D eigenvalue weighted by Gasteiger charge is 2.31. The zero-order chi connectivity index (χ0) is 14.4. The summed E-state index contributed by atoms with van der Waals surface area (Å²) in [4.78, 5) is 8.88. The maximum Gasteiger partial charge on any atom is 0.127 e. The summed E-state index contributed by atoms with van der Waals surface area (Å²) in [5.41, 5.74) is 8.34. The number of nitrogens with zero attached hydrogens (tertiary/aromatic N) is 3. The van der Waals surface area contributed by atoms with Gasteiger partial charge in [0.25, 0.3) is 0 Å². The number of hydrogen-bond acceptors (Lipinski definition) is 3. The molecule has 0 saturated carbocycles. The van der Waals surface area contributed by atoms with Crippen LogP contribution in [0.15, 0.2) is 18.5 Å². The number of pyridine rings is 1. The molecule has 4 nitrogen and oxygen atoms in total. The second kappa shape index (κ2) is 4.30. The van der Waals surface area contributed by atoms with Gasteiger partial charge in [-0.05, 0) is 32.3 Å². The minimum absolute atomic E-state index is 0.0300. The Morgan fingerprint density at radius 2 is 1.79 bits per heavy atom. The van der Waals surface area contributed by atoms with Crippen LogP contribution in [0.5, 0.6) is 0 Å². The zero-order valence-corrected chi connectivity index (χ0v) is 12.7. The molecule has 2 aromatic rings. The lowest BCUT2D eigenvalue weighted by Crippen LogP contribution is -2.33. The van der Waals surface area contributed by atoms with Gasteiger partial charge in [-0.1, -0.05) is 20.8 Å². The molecule has 104 valence electrons. The van der Waals surface area contributed by atoms with Crippen LogP contribution in [0.4, 0.5) is 0 Å². The van der Waals surface area contributed by atoms with Crippen molar-refractivity contribution in [1.29, 1.82) is 0 Å². The molecule has 0 bridgehead atoms. The maximum atomic E-state index is 6.43. The van der Waals surface area contributed by atoms with Crippen molar-refractivity contribution >= 4 is 11.0 Å². The molecule has 0 radical (unpaired) electrons. The monoisotopic (exact) mass is 260 g/mol. The lowest BCUT2D eigenvalue weighted by atomic mass is 9.86. The van der Waals surface area contributed by atoms with E-state index in [2.05, 4.69) is 51.1 Å². The van der Waals surface area contributed by atoms with Crippen molar-refractivity contribution in [3.8, 4) is 0 Å².